The highest BCUT2D eigenvalue weighted by Gasteiger charge is 2.44. The Balaban J connectivity index is 2.20. The number of carbonyl (C=O) groups excluding carboxylic acids is 1. The first-order chi connectivity index (χ1) is 8.94. The predicted molar refractivity (Wildman–Crippen MR) is 66.1 cm³/mol. The molecule has 0 bridgehead atoms. The quantitative estimate of drug-likeness (QED) is 0.746. The largest absolute Gasteiger partial charge is 0.508 e. The molecule has 1 unspecified atom stereocenters. The van der Waals surface area contributed by atoms with E-state index in [1.165, 1.54) is 18.2 Å². The van der Waals surface area contributed by atoms with Crippen LogP contribution in [0.4, 0.5) is 0 Å². The summed E-state index contributed by atoms with van der Waals surface area (Å²) in [5, 5.41) is 21.1. The molecular formula is C13H15NO5. The highest BCUT2D eigenvalue weighted by Crippen LogP contribution is 2.21. The van der Waals surface area contributed by atoms with Gasteiger partial charge in [-0.1, -0.05) is 0 Å². The van der Waals surface area contributed by atoms with Crippen LogP contribution >= 0.6 is 0 Å². The molecule has 1 heterocycles. The van der Waals surface area contributed by atoms with E-state index in [0.29, 0.717) is 17.7 Å². The SMILES string of the molecule is Cc1cc(C(=O)NC2(C(=O)O)CCOC2)ccc1O. The number of phenols is 1. The smallest absolute Gasteiger partial charge is 0.331 e. The number of carbonyl (C=O) groups is 2. The molecule has 1 aliphatic rings. The van der Waals surface area contributed by atoms with Crippen LogP contribution in [0.5, 0.6) is 5.75 Å². The van der Waals surface area contributed by atoms with Gasteiger partial charge in [0.25, 0.3) is 5.91 Å². The number of carboxylic acid groups (broad SMARTS) is 1. The van der Waals surface area contributed by atoms with Crippen molar-refractivity contribution in [2.75, 3.05) is 13.2 Å². The lowest BCUT2D eigenvalue weighted by atomic mass is 9.98. The predicted octanol–water partition coefficient (Wildman–Crippen LogP) is 0.674. The van der Waals surface area contributed by atoms with Crippen molar-refractivity contribution in [2.45, 2.75) is 18.9 Å². The Hall–Kier alpha value is -2.08. The molecule has 1 saturated heterocycles. The summed E-state index contributed by atoms with van der Waals surface area (Å²) in [6.07, 6.45) is 0.241. The van der Waals surface area contributed by atoms with E-state index in [-0.39, 0.29) is 18.8 Å². The summed E-state index contributed by atoms with van der Waals surface area (Å²) < 4.78 is 5.07. The summed E-state index contributed by atoms with van der Waals surface area (Å²) >= 11 is 0. The molecule has 102 valence electrons. The van der Waals surface area contributed by atoms with E-state index >= 15 is 0 Å². The third-order valence-corrected chi connectivity index (χ3v) is 3.24. The number of amides is 1. The van der Waals surface area contributed by atoms with E-state index in [1.54, 1.807) is 6.92 Å². The Labute approximate surface area is 110 Å². The van der Waals surface area contributed by atoms with Crippen LogP contribution in [0, 0.1) is 6.92 Å². The van der Waals surface area contributed by atoms with Gasteiger partial charge in [0, 0.05) is 18.6 Å². The number of aromatic hydroxyl groups is 1. The maximum atomic E-state index is 12.1. The molecule has 1 aromatic rings. The number of ether oxygens (including phenoxy) is 1. The molecule has 0 aliphatic carbocycles. The van der Waals surface area contributed by atoms with Crippen LogP contribution in [-0.2, 0) is 9.53 Å². The second-order valence-electron chi connectivity index (χ2n) is 4.65. The van der Waals surface area contributed by atoms with Crippen LogP contribution in [-0.4, -0.2) is 40.8 Å². The maximum absolute atomic E-state index is 12.1. The molecule has 3 N–H and O–H groups in total. The summed E-state index contributed by atoms with van der Waals surface area (Å²) in [6.45, 7) is 1.93. The standard InChI is InChI=1S/C13H15NO5/c1-8-6-9(2-3-10(8)15)11(16)14-13(12(17)18)4-5-19-7-13/h2-3,6,15H,4-5,7H2,1H3,(H,14,16)(H,17,18). The fourth-order valence-electron chi connectivity index (χ4n) is 1.97. The molecule has 1 aliphatic heterocycles. The number of rotatable bonds is 3. The van der Waals surface area contributed by atoms with Crippen LogP contribution in [0.15, 0.2) is 18.2 Å². The molecule has 19 heavy (non-hydrogen) atoms. The first-order valence-corrected chi connectivity index (χ1v) is 5.88. The monoisotopic (exact) mass is 265 g/mol. The minimum atomic E-state index is -1.36. The third-order valence-electron chi connectivity index (χ3n) is 3.24. The topological polar surface area (TPSA) is 95.9 Å². The van der Waals surface area contributed by atoms with Crippen molar-refractivity contribution in [2.24, 2.45) is 0 Å². The van der Waals surface area contributed by atoms with Crippen LogP contribution in [0.3, 0.4) is 0 Å². The Morgan fingerprint density at radius 3 is 2.68 bits per heavy atom. The number of hydrogen-bond donors (Lipinski definition) is 3. The van der Waals surface area contributed by atoms with Crippen molar-refractivity contribution in [3.63, 3.8) is 0 Å². The van der Waals surface area contributed by atoms with Crippen LogP contribution in [0.25, 0.3) is 0 Å². The number of nitrogens with one attached hydrogen (secondary N) is 1. The van der Waals surface area contributed by atoms with Crippen LogP contribution < -0.4 is 5.32 Å². The molecule has 6 nitrogen and oxygen atoms in total. The zero-order valence-corrected chi connectivity index (χ0v) is 10.5. The van der Waals surface area contributed by atoms with Gasteiger partial charge in [0.1, 0.15) is 5.75 Å². The van der Waals surface area contributed by atoms with Crippen LogP contribution in [0.1, 0.15) is 22.3 Å². The summed E-state index contributed by atoms with van der Waals surface area (Å²) in [7, 11) is 0. The third kappa shape index (κ3) is 2.53. The molecule has 1 fully saturated rings. The number of benzene rings is 1. The first-order valence-electron chi connectivity index (χ1n) is 5.88. The van der Waals surface area contributed by atoms with E-state index in [1.807, 2.05) is 0 Å². The first kappa shape index (κ1) is 13.4. The fourth-order valence-corrected chi connectivity index (χ4v) is 1.97. The van der Waals surface area contributed by atoms with Gasteiger partial charge < -0.3 is 20.3 Å². The van der Waals surface area contributed by atoms with Gasteiger partial charge >= 0.3 is 5.97 Å². The zero-order valence-electron chi connectivity index (χ0n) is 10.5. The fraction of sp³-hybridized carbons (Fsp3) is 0.385. The lowest BCUT2D eigenvalue weighted by Crippen LogP contribution is -2.55. The average molecular weight is 265 g/mol. The number of hydrogen-bond acceptors (Lipinski definition) is 4. The summed E-state index contributed by atoms with van der Waals surface area (Å²) in [5.41, 5.74) is -0.495. The Morgan fingerprint density at radius 1 is 1.42 bits per heavy atom. The zero-order chi connectivity index (χ0) is 14.0. The maximum Gasteiger partial charge on any atom is 0.331 e. The molecule has 1 amide bonds. The van der Waals surface area contributed by atoms with Crippen molar-refractivity contribution in [3.8, 4) is 5.75 Å². The van der Waals surface area contributed by atoms with Crippen molar-refractivity contribution in [3.05, 3.63) is 29.3 Å². The summed E-state index contributed by atoms with van der Waals surface area (Å²) in [6, 6.07) is 4.36. The average Bonchev–Trinajstić information content (AvgIpc) is 2.82. The number of aryl methyl sites for hydroxylation is 1. The van der Waals surface area contributed by atoms with Gasteiger partial charge in [-0.2, -0.15) is 0 Å². The number of phenolic OH excluding ortho intramolecular Hbond substituents is 1. The Bertz CT molecular complexity index is 520. The number of carboxylic acids is 1. The minimum absolute atomic E-state index is 0.0366. The molecule has 1 atom stereocenters. The van der Waals surface area contributed by atoms with E-state index in [9.17, 15) is 19.8 Å². The van der Waals surface area contributed by atoms with Gasteiger partial charge in [-0.15, -0.1) is 0 Å². The Morgan fingerprint density at radius 2 is 2.16 bits per heavy atom. The normalized spacial score (nSPS) is 22.2. The molecule has 2 rings (SSSR count). The van der Waals surface area contributed by atoms with Gasteiger partial charge in [-0.05, 0) is 30.7 Å². The molecule has 0 saturated carbocycles. The van der Waals surface area contributed by atoms with E-state index in [4.69, 9.17) is 4.74 Å². The van der Waals surface area contributed by atoms with E-state index < -0.39 is 17.4 Å². The molecule has 6 heteroatoms. The van der Waals surface area contributed by atoms with Gasteiger partial charge in [-0.3, -0.25) is 4.79 Å². The van der Waals surface area contributed by atoms with E-state index in [0.717, 1.165) is 0 Å². The summed E-state index contributed by atoms with van der Waals surface area (Å²) in [5.74, 6) is -1.50. The van der Waals surface area contributed by atoms with Crippen LogP contribution in [0.2, 0.25) is 0 Å². The lowest BCUT2D eigenvalue weighted by Gasteiger charge is -2.23. The molecule has 0 spiro atoms. The molecular weight excluding hydrogens is 250 g/mol. The van der Waals surface area contributed by atoms with E-state index in [2.05, 4.69) is 5.32 Å². The lowest BCUT2D eigenvalue weighted by molar-refractivity contribution is -0.144. The highest BCUT2D eigenvalue weighted by atomic mass is 16.5. The second-order valence-corrected chi connectivity index (χ2v) is 4.65. The van der Waals surface area contributed by atoms with Gasteiger partial charge in [0.05, 0.1) is 6.61 Å². The molecule has 0 radical (unpaired) electrons. The van der Waals surface area contributed by atoms with Crippen molar-refractivity contribution in [1.29, 1.82) is 0 Å². The van der Waals surface area contributed by atoms with Gasteiger partial charge in [0.2, 0.25) is 0 Å². The highest BCUT2D eigenvalue weighted by molar-refractivity contribution is 5.98. The number of aliphatic carboxylic acids is 1. The van der Waals surface area contributed by atoms with Crippen molar-refractivity contribution < 1.29 is 24.5 Å². The summed E-state index contributed by atoms with van der Waals surface area (Å²) in [4.78, 5) is 23.3. The Kier molecular flexibility index (Phi) is 3.44. The second kappa shape index (κ2) is 4.89. The minimum Gasteiger partial charge on any atom is -0.508 e. The van der Waals surface area contributed by atoms with Gasteiger partial charge in [-0.25, -0.2) is 4.79 Å². The molecule has 1 aromatic carbocycles. The van der Waals surface area contributed by atoms with Crippen molar-refractivity contribution >= 4 is 11.9 Å². The molecule has 0 aromatic heterocycles. The van der Waals surface area contributed by atoms with Gasteiger partial charge in [0.15, 0.2) is 5.54 Å². The van der Waals surface area contributed by atoms with Crippen molar-refractivity contribution in [1.82, 2.24) is 5.32 Å².